The van der Waals surface area contributed by atoms with Gasteiger partial charge in [0.2, 0.25) is 5.13 Å². The van der Waals surface area contributed by atoms with Gasteiger partial charge in [0.15, 0.2) is 4.34 Å². The van der Waals surface area contributed by atoms with Crippen molar-refractivity contribution in [3.63, 3.8) is 0 Å². The zero-order chi connectivity index (χ0) is 26.6. The number of carbonyl (C=O) groups excluding carboxylic acids is 2. The van der Waals surface area contributed by atoms with Crippen LogP contribution in [0.2, 0.25) is 0 Å². The van der Waals surface area contributed by atoms with E-state index in [-0.39, 0.29) is 22.3 Å². The highest BCUT2D eigenvalue weighted by Gasteiger charge is 2.48. The van der Waals surface area contributed by atoms with Crippen molar-refractivity contribution in [1.29, 1.82) is 0 Å². The van der Waals surface area contributed by atoms with Gasteiger partial charge in [-0.1, -0.05) is 53.4 Å². The largest absolute Gasteiger partial charge is 0.507 e. The van der Waals surface area contributed by atoms with Crippen molar-refractivity contribution in [3.05, 3.63) is 101 Å². The molecular weight excluding hydrogens is 527 g/mol. The first-order chi connectivity index (χ1) is 18.5. The summed E-state index contributed by atoms with van der Waals surface area (Å²) in [6, 6.07) is 15.6. The fourth-order valence-electron chi connectivity index (χ4n) is 4.06. The van der Waals surface area contributed by atoms with Gasteiger partial charge in [-0.05, 0) is 48.4 Å². The van der Waals surface area contributed by atoms with E-state index in [4.69, 9.17) is 4.74 Å². The van der Waals surface area contributed by atoms with E-state index in [1.165, 1.54) is 35.1 Å². The monoisotopic (exact) mass is 548 g/mol. The van der Waals surface area contributed by atoms with Crippen molar-refractivity contribution in [3.8, 4) is 5.75 Å². The Hall–Kier alpha value is -4.09. The van der Waals surface area contributed by atoms with Crippen LogP contribution in [-0.4, -0.2) is 38.6 Å². The molecule has 1 amide bonds. The normalized spacial score (nSPS) is 16.7. The van der Waals surface area contributed by atoms with Gasteiger partial charge in [-0.25, -0.2) is 4.39 Å². The van der Waals surface area contributed by atoms with Crippen LogP contribution in [0, 0.1) is 5.82 Å². The number of benzene rings is 2. The van der Waals surface area contributed by atoms with Gasteiger partial charge in [-0.2, -0.15) is 0 Å². The summed E-state index contributed by atoms with van der Waals surface area (Å²) < 4.78 is 20.2. The quantitative estimate of drug-likeness (QED) is 0.103. The number of Topliss-reactive ketones (excluding diaryl/α,β-unsaturated/α-hetero) is 1. The van der Waals surface area contributed by atoms with Crippen LogP contribution in [0.5, 0.6) is 5.75 Å². The van der Waals surface area contributed by atoms with Crippen molar-refractivity contribution in [1.82, 2.24) is 15.2 Å². The lowest BCUT2D eigenvalue weighted by Gasteiger charge is -2.23. The van der Waals surface area contributed by atoms with Crippen molar-refractivity contribution in [2.45, 2.75) is 23.1 Å². The molecule has 8 nitrogen and oxygen atoms in total. The number of ether oxygens (including phenoxy) is 1. The number of ketones is 1. The molecule has 1 N–H and O–H groups in total. The highest BCUT2D eigenvalue weighted by atomic mass is 32.2. The van der Waals surface area contributed by atoms with E-state index in [0.717, 1.165) is 11.3 Å². The van der Waals surface area contributed by atoms with Gasteiger partial charge in [0.25, 0.3) is 5.78 Å². The third kappa shape index (κ3) is 5.02. The molecule has 1 fully saturated rings. The van der Waals surface area contributed by atoms with Crippen LogP contribution >= 0.6 is 23.1 Å². The first-order valence-corrected chi connectivity index (χ1v) is 13.4. The van der Waals surface area contributed by atoms with Gasteiger partial charge in [0.05, 0.1) is 18.2 Å². The number of nitrogens with zero attached hydrogens (tertiary/aromatic N) is 4. The van der Waals surface area contributed by atoms with E-state index in [9.17, 15) is 19.1 Å². The summed E-state index contributed by atoms with van der Waals surface area (Å²) >= 11 is 2.38. The molecule has 1 saturated heterocycles. The molecule has 2 aromatic carbocycles. The minimum Gasteiger partial charge on any atom is -0.507 e. The summed E-state index contributed by atoms with van der Waals surface area (Å²) in [5.74, 6) is -1.45. The number of aliphatic hydroxyl groups excluding tert-OH is 1. The number of anilines is 1. The average molecular weight is 549 g/mol. The van der Waals surface area contributed by atoms with Crippen LogP contribution in [0.15, 0.2) is 83.0 Å². The van der Waals surface area contributed by atoms with Gasteiger partial charge >= 0.3 is 5.91 Å². The minimum absolute atomic E-state index is 0.0781. The molecule has 0 radical (unpaired) electrons. The van der Waals surface area contributed by atoms with Crippen molar-refractivity contribution < 1.29 is 23.8 Å². The maximum atomic E-state index is 14.0. The molecule has 11 heteroatoms. The molecule has 4 aromatic rings. The Labute approximate surface area is 225 Å². The Balaban J connectivity index is 1.55. The standard InChI is InChI=1S/C27H21FN4O4S2/c1-2-36-19-8-5-7-17(14-19)22-21(23(33)16-10-12-29-13-11-16)24(34)25(35)32(22)26-30-31-27(38-26)37-15-18-6-3-4-9-20(18)28/h3-14,22,33H,2,15H2,1H3/b23-21+. The van der Waals surface area contributed by atoms with Crippen LogP contribution in [0.1, 0.15) is 29.7 Å². The van der Waals surface area contributed by atoms with Crippen LogP contribution < -0.4 is 9.64 Å². The summed E-state index contributed by atoms with van der Waals surface area (Å²) in [6.45, 7) is 2.28. The third-order valence-corrected chi connectivity index (χ3v) is 7.90. The molecule has 192 valence electrons. The SMILES string of the molecule is CCOc1cccc(C2/C(=C(\O)c3ccncc3)C(=O)C(=O)N2c2nnc(SCc3ccccc3F)s2)c1. The predicted molar refractivity (Wildman–Crippen MR) is 143 cm³/mol. The molecule has 1 unspecified atom stereocenters. The number of amides is 1. The number of rotatable bonds is 8. The molecule has 5 rings (SSSR count). The second-order valence-electron chi connectivity index (χ2n) is 8.14. The number of hydrogen-bond acceptors (Lipinski definition) is 9. The van der Waals surface area contributed by atoms with E-state index >= 15 is 0 Å². The van der Waals surface area contributed by atoms with Crippen LogP contribution in [-0.2, 0) is 15.3 Å². The number of carbonyl (C=O) groups is 2. The third-order valence-electron chi connectivity index (χ3n) is 5.79. The summed E-state index contributed by atoms with van der Waals surface area (Å²) in [5.41, 5.74) is 1.34. The summed E-state index contributed by atoms with van der Waals surface area (Å²) in [7, 11) is 0. The first-order valence-electron chi connectivity index (χ1n) is 11.6. The molecule has 0 aliphatic carbocycles. The zero-order valence-electron chi connectivity index (χ0n) is 20.1. The highest BCUT2D eigenvalue weighted by Crippen LogP contribution is 2.44. The maximum absolute atomic E-state index is 14.0. The van der Waals surface area contributed by atoms with Gasteiger partial charge in [0, 0.05) is 23.7 Å². The number of pyridine rings is 1. The van der Waals surface area contributed by atoms with Crippen molar-refractivity contribution >= 4 is 45.7 Å². The smallest absolute Gasteiger partial charge is 0.301 e. The molecule has 0 spiro atoms. The Morgan fingerprint density at radius 2 is 1.89 bits per heavy atom. The Kier molecular flexibility index (Phi) is 7.47. The summed E-state index contributed by atoms with van der Waals surface area (Å²) in [4.78, 5) is 31.9. The van der Waals surface area contributed by atoms with Crippen molar-refractivity contribution in [2.75, 3.05) is 11.5 Å². The number of halogens is 1. The predicted octanol–water partition coefficient (Wildman–Crippen LogP) is 5.39. The van der Waals surface area contributed by atoms with Crippen LogP contribution in [0.25, 0.3) is 5.76 Å². The van der Waals surface area contributed by atoms with E-state index in [0.29, 0.717) is 39.1 Å². The number of aromatic nitrogens is 3. The lowest BCUT2D eigenvalue weighted by atomic mass is 9.95. The summed E-state index contributed by atoms with van der Waals surface area (Å²) in [6.07, 6.45) is 2.97. The number of hydrogen-bond donors (Lipinski definition) is 1. The maximum Gasteiger partial charge on any atom is 0.301 e. The lowest BCUT2D eigenvalue weighted by Crippen LogP contribution is -2.29. The number of aliphatic hydroxyl groups is 1. The van der Waals surface area contributed by atoms with Crippen LogP contribution in [0.3, 0.4) is 0 Å². The van der Waals surface area contributed by atoms with Crippen LogP contribution in [0.4, 0.5) is 9.52 Å². The second-order valence-corrected chi connectivity index (χ2v) is 10.3. The van der Waals surface area contributed by atoms with E-state index in [2.05, 4.69) is 15.2 Å². The minimum atomic E-state index is -0.971. The van der Waals surface area contributed by atoms with E-state index in [1.54, 1.807) is 54.6 Å². The second kappa shape index (κ2) is 11.1. The topological polar surface area (TPSA) is 106 Å². The zero-order valence-corrected chi connectivity index (χ0v) is 21.7. The van der Waals surface area contributed by atoms with Gasteiger partial charge in [-0.3, -0.25) is 19.5 Å². The molecule has 3 heterocycles. The van der Waals surface area contributed by atoms with Crippen molar-refractivity contribution in [2.24, 2.45) is 0 Å². The Bertz CT molecular complexity index is 1530. The van der Waals surface area contributed by atoms with E-state index < -0.39 is 17.7 Å². The molecule has 0 bridgehead atoms. The van der Waals surface area contributed by atoms with E-state index in [1.807, 2.05) is 6.92 Å². The Morgan fingerprint density at radius 3 is 2.66 bits per heavy atom. The molecule has 38 heavy (non-hydrogen) atoms. The van der Waals surface area contributed by atoms with Gasteiger partial charge in [-0.15, -0.1) is 10.2 Å². The fraction of sp³-hybridized carbons (Fsp3) is 0.148. The lowest BCUT2D eigenvalue weighted by molar-refractivity contribution is -0.132. The van der Waals surface area contributed by atoms with Gasteiger partial charge in [0.1, 0.15) is 17.3 Å². The average Bonchev–Trinajstić information content (AvgIpc) is 3.50. The Morgan fingerprint density at radius 1 is 1.11 bits per heavy atom. The first kappa shape index (κ1) is 25.6. The number of thioether (sulfide) groups is 1. The molecule has 1 aliphatic rings. The molecule has 1 atom stereocenters. The summed E-state index contributed by atoms with van der Waals surface area (Å²) in [5, 5.41) is 19.7. The van der Waals surface area contributed by atoms with Gasteiger partial charge < -0.3 is 9.84 Å². The molecule has 0 saturated carbocycles. The fourth-order valence-corrected chi connectivity index (χ4v) is 5.92. The molecule has 2 aromatic heterocycles. The highest BCUT2D eigenvalue weighted by molar-refractivity contribution is 8.00. The molecule has 1 aliphatic heterocycles. The molecular formula is C27H21FN4O4S2.